The summed E-state index contributed by atoms with van der Waals surface area (Å²) in [7, 11) is 0. The third-order valence-corrected chi connectivity index (χ3v) is 2.25. The van der Waals surface area contributed by atoms with E-state index < -0.39 is 30.1 Å². The SMILES string of the molecule is CCOC(=O)c1c(C#N)cc(CO)cc1C(F)F. The number of aliphatic hydroxyl groups excluding tert-OH is 1. The Morgan fingerprint density at radius 2 is 2.22 bits per heavy atom. The Morgan fingerprint density at radius 3 is 2.67 bits per heavy atom. The zero-order valence-electron chi connectivity index (χ0n) is 9.61. The van der Waals surface area contributed by atoms with Gasteiger partial charge in [0, 0.05) is 5.56 Å². The van der Waals surface area contributed by atoms with Gasteiger partial charge in [0.1, 0.15) is 6.07 Å². The highest BCUT2D eigenvalue weighted by atomic mass is 19.3. The molecule has 1 rings (SSSR count). The Labute approximate surface area is 102 Å². The Balaban J connectivity index is 3.45. The van der Waals surface area contributed by atoms with E-state index in [0.717, 1.165) is 6.07 Å². The molecule has 1 aromatic rings. The van der Waals surface area contributed by atoms with Crippen LogP contribution in [0.3, 0.4) is 0 Å². The maximum absolute atomic E-state index is 12.9. The van der Waals surface area contributed by atoms with Crippen LogP contribution in [0.1, 0.15) is 40.4 Å². The molecule has 0 aliphatic rings. The molecule has 0 aliphatic heterocycles. The lowest BCUT2D eigenvalue weighted by atomic mass is 9.98. The van der Waals surface area contributed by atoms with Crippen LogP contribution in [-0.2, 0) is 11.3 Å². The lowest BCUT2D eigenvalue weighted by Gasteiger charge is -2.11. The van der Waals surface area contributed by atoms with Crippen LogP contribution in [-0.4, -0.2) is 17.7 Å². The van der Waals surface area contributed by atoms with E-state index in [1.54, 1.807) is 6.07 Å². The summed E-state index contributed by atoms with van der Waals surface area (Å²) in [6.07, 6.45) is -2.93. The molecule has 96 valence electrons. The molecule has 4 nitrogen and oxygen atoms in total. The van der Waals surface area contributed by atoms with Crippen LogP contribution in [0.2, 0.25) is 0 Å². The molecule has 1 N–H and O–H groups in total. The van der Waals surface area contributed by atoms with Crippen molar-refractivity contribution in [3.63, 3.8) is 0 Å². The average molecular weight is 255 g/mol. The highest BCUT2D eigenvalue weighted by molar-refractivity contribution is 5.94. The first-order valence-corrected chi connectivity index (χ1v) is 5.18. The van der Waals surface area contributed by atoms with Gasteiger partial charge in [0.2, 0.25) is 0 Å². The quantitative estimate of drug-likeness (QED) is 0.837. The number of esters is 1. The number of aliphatic hydroxyl groups is 1. The third kappa shape index (κ3) is 2.81. The molecule has 0 spiro atoms. The lowest BCUT2D eigenvalue weighted by Crippen LogP contribution is -2.12. The molecule has 0 aliphatic carbocycles. The molecular formula is C12H11F2NO3. The zero-order valence-corrected chi connectivity index (χ0v) is 9.61. The predicted molar refractivity (Wildman–Crippen MR) is 58.0 cm³/mol. The van der Waals surface area contributed by atoms with Gasteiger partial charge in [-0.15, -0.1) is 0 Å². The number of hydrogen-bond donors (Lipinski definition) is 1. The van der Waals surface area contributed by atoms with Crippen LogP contribution in [0.4, 0.5) is 8.78 Å². The van der Waals surface area contributed by atoms with Gasteiger partial charge in [0.05, 0.1) is 24.3 Å². The van der Waals surface area contributed by atoms with Crippen molar-refractivity contribution < 1.29 is 23.4 Å². The minimum Gasteiger partial charge on any atom is -0.462 e. The third-order valence-electron chi connectivity index (χ3n) is 2.25. The van der Waals surface area contributed by atoms with Crippen molar-refractivity contribution in [2.45, 2.75) is 20.0 Å². The highest BCUT2D eigenvalue weighted by Crippen LogP contribution is 2.28. The molecule has 0 saturated carbocycles. The van der Waals surface area contributed by atoms with Gasteiger partial charge in [0.15, 0.2) is 0 Å². The number of carbonyl (C=O) groups excluding carboxylic acids is 1. The number of nitrogens with zero attached hydrogens (tertiary/aromatic N) is 1. The molecule has 0 unspecified atom stereocenters. The summed E-state index contributed by atoms with van der Waals surface area (Å²) in [5.74, 6) is -0.964. The molecule has 0 radical (unpaired) electrons. The molecule has 0 aromatic heterocycles. The van der Waals surface area contributed by atoms with Gasteiger partial charge in [-0.2, -0.15) is 5.26 Å². The first-order chi connectivity index (χ1) is 8.54. The second-order valence-corrected chi connectivity index (χ2v) is 3.40. The molecule has 0 fully saturated rings. The second kappa shape index (κ2) is 6.07. The summed E-state index contributed by atoms with van der Waals surface area (Å²) in [5, 5.41) is 17.8. The van der Waals surface area contributed by atoms with Gasteiger partial charge in [-0.3, -0.25) is 0 Å². The maximum atomic E-state index is 12.9. The van der Waals surface area contributed by atoms with Crippen LogP contribution in [0.25, 0.3) is 0 Å². The van der Waals surface area contributed by atoms with Crippen LogP contribution in [0, 0.1) is 11.3 Å². The van der Waals surface area contributed by atoms with E-state index in [0.29, 0.717) is 0 Å². The fourth-order valence-corrected chi connectivity index (χ4v) is 1.51. The molecule has 0 amide bonds. The monoisotopic (exact) mass is 255 g/mol. The van der Waals surface area contributed by atoms with Gasteiger partial charge in [-0.05, 0) is 24.6 Å². The van der Waals surface area contributed by atoms with Crippen molar-refractivity contribution in [3.05, 3.63) is 34.4 Å². The summed E-state index contributed by atoms with van der Waals surface area (Å²) in [6.45, 7) is 1.07. The van der Waals surface area contributed by atoms with Gasteiger partial charge in [0.25, 0.3) is 6.43 Å². The van der Waals surface area contributed by atoms with E-state index in [4.69, 9.17) is 10.4 Å². The Morgan fingerprint density at radius 1 is 1.56 bits per heavy atom. The summed E-state index contributed by atoms with van der Waals surface area (Å²) in [5.41, 5.74) is -1.12. The number of halogens is 2. The molecular weight excluding hydrogens is 244 g/mol. The number of rotatable bonds is 4. The summed E-state index contributed by atoms with van der Waals surface area (Å²) >= 11 is 0. The number of carbonyl (C=O) groups is 1. The Bertz CT molecular complexity index is 495. The van der Waals surface area contributed by atoms with Crippen molar-refractivity contribution >= 4 is 5.97 Å². The minimum absolute atomic E-state index is 0.0220. The van der Waals surface area contributed by atoms with Gasteiger partial charge in [-0.1, -0.05) is 0 Å². The Hall–Kier alpha value is -2.00. The minimum atomic E-state index is -2.93. The second-order valence-electron chi connectivity index (χ2n) is 3.40. The molecule has 0 atom stereocenters. The molecule has 0 bridgehead atoms. The number of benzene rings is 1. The van der Waals surface area contributed by atoms with E-state index in [-0.39, 0.29) is 17.7 Å². The first kappa shape index (κ1) is 14.1. The fourth-order valence-electron chi connectivity index (χ4n) is 1.51. The van der Waals surface area contributed by atoms with Crippen molar-refractivity contribution in [2.75, 3.05) is 6.61 Å². The summed E-state index contributed by atoms with van der Waals surface area (Å²) in [4.78, 5) is 11.6. The number of alkyl halides is 2. The summed E-state index contributed by atoms with van der Waals surface area (Å²) < 4.78 is 30.4. The van der Waals surface area contributed by atoms with E-state index >= 15 is 0 Å². The van der Waals surface area contributed by atoms with E-state index in [2.05, 4.69) is 4.74 Å². The van der Waals surface area contributed by atoms with Crippen LogP contribution in [0.5, 0.6) is 0 Å². The predicted octanol–water partition coefficient (Wildman–Crippen LogP) is 2.16. The molecule has 6 heteroatoms. The smallest absolute Gasteiger partial charge is 0.339 e. The fraction of sp³-hybridized carbons (Fsp3) is 0.333. The number of hydrogen-bond acceptors (Lipinski definition) is 4. The molecule has 0 heterocycles. The lowest BCUT2D eigenvalue weighted by molar-refractivity contribution is 0.0515. The van der Waals surface area contributed by atoms with Crippen molar-refractivity contribution in [1.29, 1.82) is 5.26 Å². The highest BCUT2D eigenvalue weighted by Gasteiger charge is 2.24. The Kier molecular flexibility index (Phi) is 4.75. The van der Waals surface area contributed by atoms with Crippen LogP contribution in [0.15, 0.2) is 12.1 Å². The molecule has 18 heavy (non-hydrogen) atoms. The first-order valence-electron chi connectivity index (χ1n) is 5.18. The normalized spacial score (nSPS) is 10.2. The van der Waals surface area contributed by atoms with Gasteiger partial charge >= 0.3 is 5.97 Å². The largest absolute Gasteiger partial charge is 0.462 e. The standard InChI is InChI=1S/C12H11F2NO3/c1-2-18-12(17)10-8(5-15)3-7(6-16)4-9(10)11(13)14/h3-4,11,16H,2,6H2,1H3. The van der Waals surface area contributed by atoms with Crippen molar-refractivity contribution in [2.24, 2.45) is 0 Å². The van der Waals surface area contributed by atoms with Crippen LogP contribution < -0.4 is 0 Å². The van der Waals surface area contributed by atoms with Gasteiger partial charge < -0.3 is 9.84 Å². The number of nitriles is 1. The van der Waals surface area contributed by atoms with E-state index in [9.17, 15) is 13.6 Å². The van der Waals surface area contributed by atoms with Crippen molar-refractivity contribution in [1.82, 2.24) is 0 Å². The topological polar surface area (TPSA) is 70.3 Å². The maximum Gasteiger partial charge on any atom is 0.339 e. The van der Waals surface area contributed by atoms with Gasteiger partial charge in [-0.25, -0.2) is 13.6 Å². The average Bonchev–Trinajstić information content (AvgIpc) is 2.37. The zero-order chi connectivity index (χ0) is 13.7. The number of ether oxygens (including phenoxy) is 1. The van der Waals surface area contributed by atoms with Crippen LogP contribution >= 0.6 is 0 Å². The van der Waals surface area contributed by atoms with E-state index in [1.165, 1.54) is 13.0 Å². The van der Waals surface area contributed by atoms with Crippen molar-refractivity contribution in [3.8, 4) is 6.07 Å². The molecule has 1 aromatic carbocycles. The molecule has 0 saturated heterocycles. The summed E-state index contributed by atoms with van der Waals surface area (Å²) in [6, 6.07) is 3.85. The van der Waals surface area contributed by atoms with E-state index in [1.807, 2.05) is 0 Å².